The van der Waals surface area contributed by atoms with Crippen molar-refractivity contribution in [3.8, 4) is 11.8 Å². The summed E-state index contributed by atoms with van der Waals surface area (Å²) in [5, 5.41) is 11.4. The quantitative estimate of drug-likeness (QED) is 0.545. The molecule has 1 amide bonds. The molecule has 0 atom stereocenters. The van der Waals surface area contributed by atoms with Crippen LogP contribution in [0.15, 0.2) is 30.3 Å². The molecule has 140 valence electrons. The van der Waals surface area contributed by atoms with Crippen molar-refractivity contribution < 1.29 is 9.53 Å². The second-order valence-corrected chi connectivity index (χ2v) is 6.87. The number of likely N-dealkylation sites (tertiary alicyclic amines) is 1. The Morgan fingerprint density at radius 3 is 2.73 bits per heavy atom. The summed E-state index contributed by atoms with van der Waals surface area (Å²) in [7, 11) is 0. The Kier molecular flexibility index (Phi) is 8.71. The van der Waals surface area contributed by atoms with Crippen molar-refractivity contribution in [2.45, 2.75) is 32.6 Å². The number of carbonyl (C=O) groups excluding carboxylic acids is 1. The molecule has 1 aromatic rings. The number of rotatable bonds is 9. The predicted octanol–water partition coefficient (Wildman–Crippen LogP) is 3.23. The molecule has 0 aromatic heterocycles. The summed E-state index contributed by atoms with van der Waals surface area (Å²) in [5.74, 6) is 1.46. The average Bonchev–Trinajstić information content (AvgIpc) is 2.66. The number of carbonyl (C=O) groups is 1. The number of nitriles is 1. The molecule has 1 saturated heterocycles. The minimum atomic E-state index is -0.0680. The van der Waals surface area contributed by atoms with Gasteiger partial charge < -0.3 is 15.0 Å². The molecule has 0 bridgehead atoms. The first-order valence-corrected chi connectivity index (χ1v) is 9.45. The highest BCUT2D eigenvalue weighted by atomic mass is 16.5. The molecule has 5 heteroatoms. The van der Waals surface area contributed by atoms with Gasteiger partial charge in [0, 0.05) is 12.6 Å². The molecular weight excluding hydrogens is 326 g/mol. The highest BCUT2D eigenvalue weighted by Crippen LogP contribution is 2.16. The van der Waals surface area contributed by atoms with E-state index in [0.717, 1.165) is 30.9 Å². The van der Waals surface area contributed by atoms with E-state index in [0.29, 0.717) is 12.3 Å². The highest BCUT2D eigenvalue weighted by Gasteiger charge is 2.14. The van der Waals surface area contributed by atoms with Gasteiger partial charge >= 0.3 is 0 Å². The van der Waals surface area contributed by atoms with Crippen LogP contribution < -0.4 is 10.1 Å². The number of piperidine rings is 1. The predicted molar refractivity (Wildman–Crippen MR) is 104 cm³/mol. The van der Waals surface area contributed by atoms with Crippen LogP contribution in [-0.4, -0.2) is 43.6 Å². The Balaban J connectivity index is 1.58. The summed E-state index contributed by atoms with van der Waals surface area (Å²) in [6.07, 6.45) is 8.09. The van der Waals surface area contributed by atoms with Crippen molar-refractivity contribution in [3.05, 3.63) is 35.9 Å². The zero-order valence-electron chi connectivity index (χ0n) is 15.6. The second-order valence-electron chi connectivity index (χ2n) is 6.87. The summed E-state index contributed by atoms with van der Waals surface area (Å²) in [4.78, 5) is 14.4. The van der Waals surface area contributed by atoms with Gasteiger partial charge in [-0.2, -0.15) is 5.26 Å². The Hall–Kier alpha value is -2.32. The molecule has 1 N–H and O–H groups in total. The van der Waals surface area contributed by atoms with E-state index in [9.17, 15) is 4.79 Å². The lowest BCUT2D eigenvalue weighted by Crippen LogP contribution is -2.34. The van der Waals surface area contributed by atoms with Gasteiger partial charge in [0.15, 0.2) is 6.61 Å². The van der Waals surface area contributed by atoms with Crippen molar-refractivity contribution in [2.75, 3.05) is 32.8 Å². The van der Waals surface area contributed by atoms with Gasteiger partial charge in [-0.25, -0.2) is 0 Å². The minimum Gasteiger partial charge on any atom is -0.479 e. The van der Waals surface area contributed by atoms with E-state index >= 15 is 0 Å². The Morgan fingerprint density at radius 2 is 2.04 bits per heavy atom. The maximum Gasteiger partial charge on any atom is 0.243 e. The second kappa shape index (κ2) is 11.3. The molecule has 2 rings (SSSR count). The Bertz CT molecular complexity index is 611. The minimum absolute atomic E-state index is 0.0362. The summed E-state index contributed by atoms with van der Waals surface area (Å²) in [6.45, 7) is 6.66. The zero-order chi connectivity index (χ0) is 18.6. The summed E-state index contributed by atoms with van der Waals surface area (Å²) < 4.78 is 5.19. The van der Waals surface area contributed by atoms with Crippen molar-refractivity contribution in [1.82, 2.24) is 10.2 Å². The maximum absolute atomic E-state index is 11.9. The Labute approximate surface area is 156 Å². The standard InChI is InChI=1S/C21H29N3O2/c1-18-10-15-24(16-11-18)14-3-2-13-23-21(25)9-6-19-4-7-20(8-5-19)26-17-12-22/h4-9,18H,2-3,10-11,13-17H2,1H3,(H,23,25). The van der Waals surface area contributed by atoms with Gasteiger partial charge in [0.2, 0.25) is 5.91 Å². The van der Waals surface area contributed by atoms with Crippen LogP contribution in [-0.2, 0) is 4.79 Å². The summed E-state index contributed by atoms with van der Waals surface area (Å²) in [5.41, 5.74) is 0.920. The maximum atomic E-state index is 11.9. The molecule has 26 heavy (non-hydrogen) atoms. The van der Waals surface area contributed by atoms with E-state index in [-0.39, 0.29) is 12.5 Å². The van der Waals surface area contributed by atoms with Crippen molar-refractivity contribution in [2.24, 2.45) is 5.92 Å². The van der Waals surface area contributed by atoms with E-state index < -0.39 is 0 Å². The molecular formula is C21H29N3O2. The Morgan fingerprint density at radius 1 is 1.31 bits per heavy atom. The average molecular weight is 355 g/mol. The van der Waals surface area contributed by atoms with Crippen LogP contribution in [0.4, 0.5) is 0 Å². The third kappa shape index (κ3) is 7.71. The van der Waals surface area contributed by atoms with Gasteiger partial charge in [0.1, 0.15) is 11.8 Å². The molecule has 1 fully saturated rings. The smallest absolute Gasteiger partial charge is 0.243 e. The molecule has 5 nitrogen and oxygen atoms in total. The van der Waals surface area contributed by atoms with Crippen LogP contribution in [0.1, 0.15) is 38.2 Å². The lowest BCUT2D eigenvalue weighted by Gasteiger charge is -2.30. The van der Waals surface area contributed by atoms with Gasteiger partial charge in [0.25, 0.3) is 0 Å². The zero-order valence-corrected chi connectivity index (χ0v) is 15.6. The fourth-order valence-corrected chi connectivity index (χ4v) is 2.98. The first-order chi connectivity index (χ1) is 12.7. The topological polar surface area (TPSA) is 65.4 Å². The summed E-state index contributed by atoms with van der Waals surface area (Å²) >= 11 is 0. The van der Waals surface area contributed by atoms with E-state index in [1.165, 1.54) is 25.9 Å². The molecule has 0 aliphatic carbocycles. The number of nitrogens with zero attached hydrogens (tertiary/aromatic N) is 2. The SMILES string of the molecule is CC1CCN(CCCCNC(=O)C=Cc2ccc(OCC#N)cc2)CC1. The normalized spacial score (nSPS) is 15.7. The molecule has 1 aliphatic rings. The third-order valence-corrected chi connectivity index (χ3v) is 4.69. The fourth-order valence-electron chi connectivity index (χ4n) is 2.98. The number of nitrogens with one attached hydrogen (secondary N) is 1. The van der Waals surface area contributed by atoms with Gasteiger partial charge in [-0.15, -0.1) is 0 Å². The van der Waals surface area contributed by atoms with E-state index in [1.54, 1.807) is 24.3 Å². The number of hydrogen-bond acceptors (Lipinski definition) is 4. The molecule has 1 aliphatic heterocycles. The number of amides is 1. The van der Waals surface area contributed by atoms with E-state index in [2.05, 4.69) is 17.1 Å². The van der Waals surface area contributed by atoms with E-state index in [1.807, 2.05) is 18.2 Å². The lowest BCUT2D eigenvalue weighted by atomic mass is 9.99. The molecule has 0 radical (unpaired) electrons. The van der Waals surface area contributed by atoms with Crippen molar-refractivity contribution in [1.29, 1.82) is 5.26 Å². The van der Waals surface area contributed by atoms with Crippen LogP contribution in [0.5, 0.6) is 5.75 Å². The van der Waals surface area contributed by atoms with Crippen LogP contribution in [0, 0.1) is 17.2 Å². The van der Waals surface area contributed by atoms with Crippen LogP contribution in [0.25, 0.3) is 6.08 Å². The van der Waals surface area contributed by atoms with E-state index in [4.69, 9.17) is 10.00 Å². The lowest BCUT2D eigenvalue weighted by molar-refractivity contribution is -0.116. The first kappa shape index (κ1) is 20.0. The van der Waals surface area contributed by atoms with Gasteiger partial charge in [-0.1, -0.05) is 19.1 Å². The number of benzene rings is 1. The monoisotopic (exact) mass is 355 g/mol. The number of ether oxygens (including phenoxy) is 1. The van der Waals surface area contributed by atoms with Crippen LogP contribution in [0.2, 0.25) is 0 Å². The van der Waals surface area contributed by atoms with Crippen LogP contribution >= 0.6 is 0 Å². The summed E-state index contributed by atoms with van der Waals surface area (Å²) in [6, 6.07) is 9.22. The van der Waals surface area contributed by atoms with Gasteiger partial charge in [-0.05, 0) is 75.0 Å². The molecule has 0 unspecified atom stereocenters. The van der Waals surface area contributed by atoms with Gasteiger partial charge in [0.05, 0.1) is 0 Å². The van der Waals surface area contributed by atoms with Gasteiger partial charge in [-0.3, -0.25) is 4.79 Å². The number of unbranched alkanes of at least 4 members (excludes halogenated alkanes) is 1. The molecule has 1 aromatic carbocycles. The largest absolute Gasteiger partial charge is 0.479 e. The third-order valence-electron chi connectivity index (χ3n) is 4.69. The van der Waals surface area contributed by atoms with Crippen molar-refractivity contribution in [3.63, 3.8) is 0 Å². The molecule has 0 spiro atoms. The molecule has 1 heterocycles. The fraction of sp³-hybridized carbons (Fsp3) is 0.524. The first-order valence-electron chi connectivity index (χ1n) is 9.45. The molecule has 0 saturated carbocycles. The number of hydrogen-bond donors (Lipinski definition) is 1. The van der Waals surface area contributed by atoms with Crippen molar-refractivity contribution >= 4 is 12.0 Å². The highest BCUT2D eigenvalue weighted by molar-refractivity contribution is 5.91. The van der Waals surface area contributed by atoms with Crippen LogP contribution in [0.3, 0.4) is 0 Å².